The van der Waals surface area contributed by atoms with Crippen LogP contribution in [0.4, 0.5) is 0 Å². The highest BCUT2D eigenvalue weighted by atomic mass is 28.4. The molecule has 7 heteroatoms. The molecule has 38 heavy (non-hydrogen) atoms. The summed E-state index contributed by atoms with van der Waals surface area (Å²) in [5, 5.41) is 0. The van der Waals surface area contributed by atoms with Gasteiger partial charge in [-0.2, -0.15) is 0 Å². The van der Waals surface area contributed by atoms with Crippen molar-refractivity contribution in [3.63, 3.8) is 0 Å². The van der Waals surface area contributed by atoms with E-state index in [2.05, 4.69) is 60.1 Å². The predicted octanol–water partition coefficient (Wildman–Crippen LogP) is 7.46. The molecule has 0 saturated heterocycles. The Bertz CT molecular complexity index is 894. The molecule has 0 amide bonds. The Hall–Kier alpha value is -0.506. The second-order valence-corrected chi connectivity index (χ2v) is 24.8. The van der Waals surface area contributed by atoms with Crippen LogP contribution >= 0.6 is 0 Å². The van der Waals surface area contributed by atoms with Crippen molar-refractivity contribution in [2.24, 2.45) is 46.3 Å². The van der Waals surface area contributed by atoms with Gasteiger partial charge < -0.3 is 13.6 Å². The number of esters is 1. The summed E-state index contributed by atoms with van der Waals surface area (Å²) in [6.45, 7) is 20.8. The Morgan fingerprint density at radius 1 is 0.921 bits per heavy atom. The van der Waals surface area contributed by atoms with E-state index in [0.29, 0.717) is 41.8 Å². The van der Waals surface area contributed by atoms with Crippen molar-refractivity contribution in [3.8, 4) is 0 Å². The number of ether oxygens (including phenoxy) is 1. The van der Waals surface area contributed by atoms with E-state index in [1.54, 1.807) is 0 Å². The molecular weight excluding hydrogens is 509 g/mol. The first-order chi connectivity index (χ1) is 17.5. The van der Waals surface area contributed by atoms with Crippen LogP contribution in [0.15, 0.2) is 0 Å². The van der Waals surface area contributed by atoms with Crippen molar-refractivity contribution in [1.82, 2.24) is 0 Å². The summed E-state index contributed by atoms with van der Waals surface area (Å²) in [7, 11) is -2.11. The molecule has 0 unspecified atom stereocenters. The fourth-order valence-corrected chi connectivity index (χ4v) is 12.0. The minimum atomic E-state index is -1.93. The predicted molar refractivity (Wildman–Crippen MR) is 158 cm³/mol. The molecule has 218 valence electrons. The third kappa shape index (κ3) is 5.78. The smallest absolute Gasteiger partial charge is 0.305 e. The zero-order valence-corrected chi connectivity index (χ0v) is 28.0. The van der Waals surface area contributed by atoms with Crippen LogP contribution in [0.25, 0.3) is 0 Å². The number of hydrogen-bond acceptors (Lipinski definition) is 5. The van der Waals surface area contributed by atoms with Gasteiger partial charge in [-0.25, -0.2) is 0 Å². The maximum absolute atomic E-state index is 14.5. The average Bonchev–Trinajstić information content (AvgIpc) is 3.16. The van der Waals surface area contributed by atoms with Crippen LogP contribution < -0.4 is 0 Å². The number of fused-ring (bicyclic) bond motifs is 5. The Balaban J connectivity index is 1.64. The van der Waals surface area contributed by atoms with Crippen molar-refractivity contribution >= 4 is 28.4 Å². The zero-order valence-electron chi connectivity index (χ0n) is 26.0. The SMILES string of the molecule is COC(=O)CC[C@@H](C)[C@H]1CC[C@H]2[C@@H]3[C@@H](O[Si](C)(C)C)C(=O)[C@@H]4C[C@H](O[Si](C)(C)C)CC[C@]4(C)[C@H]3CC[C@]12C. The normalized spacial score (nSPS) is 42.2. The molecule has 0 aromatic carbocycles. The number of Topliss-reactive ketones (excluding diaryl/α,β-unsaturated/α-hetero) is 1. The third-order valence-corrected chi connectivity index (χ3v) is 13.2. The van der Waals surface area contributed by atoms with Gasteiger partial charge in [-0.05, 0) is 131 Å². The summed E-state index contributed by atoms with van der Waals surface area (Å²) in [6.07, 6.45) is 9.23. The molecule has 4 saturated carbocycles. The van der Waals surface area contributed by atoms with E-state index in [9.17, 15) is 9.59 Å². The number of rotatable bonds is 8. The quantitative estimate of drug-likeness (QED) is 0.226. The van der Waals surface area contributed by atoms with Gasteiger partial charge in [0.1, 0.15) is 6.10 Å². The third-order valence-electron chi connectivity index (χ3n) is 11.2. The summed E-state index contributed by atoms with van der Waals surface area (Å²) >= 11 is 0. The second-order valence-electron chi connectivity index (χ2n) is 15.8. The first kappa shape index (κ1) is 30.5. The number of hydrogen-bond donors (Lipinski definition) is 0. The van der Waals surface area contributed by atoms with Crippen molar-refractivity contribution in [1.29, 1.82) is 0 Å². The molecule has 4 rings (SSSR count). The Morgan fingerprint density at radius 2 is 1.53 bits per heavy atom. The molecule has 5 nitrogen and oxygen atoms in total. The lowest BCUT2D eigenvalue weighted by Gasteiger charge is -2.63. The van der Waals surface area contributed by atoms with E-state index in [-0.39, 0.29) is 34.9 Å². The summed E-state index contributed by atoms with van der Waals surface area (Å²) < 4.78 is 18.5. The fourth-order valence-electron chi connectivity index (χ4n) is 9.70. The molecule has 0 aromatic rings. The van der Waals surface area contributed by atoms with E-state index < -0.39 is 16.6 Å². The van der Waals surface area contributed by atoms with Gasteiger partial charge in [-0.15, -0.1) is 0 Å². The van der Waals surface area contributed by atoms with Gasteiger partial charge in [0, 0.05) is 18.4 Å². The van der Waals surface area contributed by atoms with E-state index in [0.717, 1.165) is 25.7 Å². The van der Waals surface area contributed by atoms with Gasteiger partial charge in [-0.3, -0.25) is 9.59 Å². The van der Waals surface area contributed by atoms with E-state index in [4.69, 9.17) is 13.6 Å². The summed E-state index contributed by atoms with van der Waals surface area (Å²) in [6, 6.07) is 0. The highest BCUT2D eigenvalue weighted by molar-refractivity contribution is 6.70. The van der Waals surface area contributed by atoms with Gasteiger partial charge in [0.15, 0.2) is 22.4 Å². The Labute approximate surface area is 234 Å². The van der Waals surface area contributed by atoms with Crippen LogP contribution in [0, 0.1) is 46.3 Å². The lowest BCUT2D eigenvalue weighted by atomic mass is 9.43. The average molecular weight is 565 g/mol. The standard InChI is InChI=1S/C31H56O5Si2/c1-20(11-14-26(32)34-4)22-12-13-23-27-24(16-18-30(22,23)2)31(3)17-15-21(35-37(5,6)7)19-25(31)28(33)29(27)36-38(8,9)10/h20-25,27,29H,11-19H2,1-10H3/t20-,21-,22-,23+,24+,25+,27+,29-,30-,31-/m1/s1. The Kier molecular flexibility index (Phi) is 8.59. The van der Waals surface area contributed by atoms with E-state index in [1.807, 2.05) is 0 Å². The maximum Gasteiger partial charge on any atom is 0.305 e. The molecule has 10 atom stereocenters. The molecule has 0 aliphatic heterocycles. The topological polar surface area (TPSA) is 61.8 Å². The van der Waals surface area contributed by atoms with Crippen LogP contribution in [0.5, 0.6) is 0 Å². The van der Waals surface area contributed by atoms with Gasteiger partial charge in [0.2, 0.25) is 0 Å². The van der Waals surface area contributed by atoms with Crippen LogP contribution in [0.3, 0.4) is 0 Å². The summed E-state index contributed by atoms with van der Waals surface area (Å²) in [4.78, 5) is 26.4. The fraction of sp³-hybridized carbons (Fsp3) is 0.935. The highest BCUT2D eigenvalue weighted by Gasteiger charge is 2.66. The maximum atomic E-state index is 14.5. The van der Waals surface area contributed by atoms with Crippen molar-refractivity contribution in [2.45, 2.75) is 130 Å². The molecule has 0 radical (unpaired) electrons. The molecular formula is C31H56O5Si2. The monoisotopic (exact) mass is 564 g/mol. The first-order valence-electron chi connectivity index (χ1n) is 15.5. The minimum absolute atomic E-state index is 0.0519. The summed E-state index contributed by atoms with van der Waals surface area (Å²) in [5.41, 5.74) is 0.260. The lowest BCUT2D eigenvalue weighted by molar-refractivity contribution is -0.181. The number of carbonyl (C=O) groups is 2. The molecule has 0 N–H and O–H groups in total. The number of carbonyl (C=O) groups excluding carboxylic acids is 2. The Morgan fingerprint density at radius 3 is 2.13 bits per heavy atom. The van der Waals surface area contributed by atoms with Gasteiger partial charge in [0.25, 0.3) is 0 Å². The van der Waals surface area contributed by atoms with E-state index >= 15 is 0 Å². The van der Waals surface area contributed by atoms with Gasteiger partial charge in [-0.1, -0.05) is 20.8 Å². The lowest BCUT2D eigenvalue weighted by Crippen LogP contribution is -2.64. The van der Waals surface area contributed by atoms with Crippen LogP contribution in [-0.4, -0.2) is 47.7 Å². The minimum Gasteiger partial charge on any atom is -0.469 e. The number of methoxy groups -OCH3 is 1. The van der Waals surface area contributed by atoms with Crippen molar-refractivity contribution in [2.75, 3.05) is 7.11 Å². The second kappa shape index (κ2) is 10.7. The molecule has 0 heterocycles. The van der Waals surface area contributed by atoms with Gasteiger partial charge >= 0.3 is 5.97 Å². The molecule has 4 fully saturated rings. The van der Waals surface area contributed by atoms with Crippen LogP contribution in [-0.2, 0) is 23.2 Å². The molecule has 0 spiro atoms. The molecule has 4 aliphatic rings. The highest BCUT2D eigenvalue weighted by Crippen LogP contribution is 2.68. The largest absolute Gasteiger partial charge is 0.469 e. The molecule has 0 aromatic heterocycles. The molecule has 0 bridgehead atoms. The van der Waals surface area contributed by atoms with Crippen molar-refractivity contribution < 1.29 is 23.2 Å². The van der Waals surface area contributed by atoms with E-state index in [1.165, 1.54) is 32.8 Å². The van der Waals surface area contributed by atoms with Crippen LogP contribution in [0.1, 0.15) is 78.6 Å². The number of ketones is 1. The summed E-state index contributed by atoms with van der Waals surface area (Å²) in [5.74, 6) is 2.80. The van der Waals surface area contributed by atoms with Crippen LogP contribution in [0.2, 0.25) is 39.3 Å². The van der Waals surface area contributed by atoms with Gasteiger partial charge in [0.05, 0.1) is 7.11 Å². The first-order valence-corrected chi connectivity index (χ1v) is 22.3. The molecule has 4 aliphatic carbocycles. The van der Waals surface area contributed by atoms with Crippen molar-refractivity contribution in [3.05, 3.63) is 0 Å². The zero-order chi connectivity index (χ0) is 28.3.